The molecule has 0 radical (unpaired) electrons. The highest BCUT2D eigenvalue weighted by atomic mass is 32.1. The molecule has 1 fully saturated rings. The van der Waals surface area contributed by atoms with Crippen LogP contribution in [-0.4, -0.2) is 36.9 Å². The van der Waals surface area contributed by atoms with E-state index in [0.717, 1.165) is 29.6 Å². The lowest BCUT2D eigenvalue weighted by atomic mass is 9.93. The largest absolute Gasteiger partial charge is 0.352 e. The average Bonchev–Trinajstić information content (AvgIpc) is 3.11. The van der Waals surface area contributed by atoms with Crippen LogP contribution in [0, 0.1) is 0 Å². The highest BCUT2D eigenvalue weighted by molar-refractivity contribution is 7.17. The maximum absolute atomic E-state index is 12.1. The average molecular weight is 368 g/mol. The Hall–Kier alpha value is -2.94. The SMILES string of the molecule is O=C(Cn1nc(-c2nnc(-c3ccccn3)s2)ccc1=O)NC1CCC1. The van der Waals surface area contributed by atoms with E-state index in [0.29, 0.717) is 15.7 Å². The second-order valence-electron chi connectivity index (χ2n) is 6.04. The second kappa shape index (κ2) is 7.12. The van der Waals surface area contributed by atoms with E-state index < -0.39 is 0 Å². The lowest BCUT2D eigenvalue weighted by Gasteiger charge is -2.26. The van der Waals surface area contributed by atoms with Crippen LogP contribution in [0.1, 0.15) is 19.3 Å². The van der Waals surface area contributed by atoms with Crippen molar-refractivity contribution in [3.8, 4) is 21.4 Å². The molecule has 0 bridgehead atoms. The zero-order valence-electron chi connectivity index (χ0n) is 13.8. The van der Waals surface area contributed by atoms with Gasteiger partial charge in [-0.2, -0.15) is 5.10 Å². The van der Waals surface area contributed by atoms with Gasteiger partial charge in [0.25, 0.3) is 5.56 Å². The summed E-state index contributed by atoms with van der Waals surface area (Å²) >= 11 is 1.33. The summed E-state index contributed by atoms with van der Waals surface area (Å²) in [6.07, 6.45) is 4.81. The van der Waals surface area contributed by atoms with Crippen LogP contribution < -0.4 is 10.9 Å². The van der Waals surface area contributed by atoms with Crippen molar-refractivity contribution in [2.75, 3.05) is 0 Å². The number of pyridine rings is 1. The molecule has 3 aromatic heterocycles. The van der Waals surface area contributed by atoms with E-state index >= 15 is 0 Å². The molecule has 0 aliphatic heterocycles. The van der Waals surface area contributed by atoms with Gasteiger partial charge in [-0.25, -0.2) is 4.68 Å². The Morgan fingerprint density at radius 2 is 1.96 bits per heavy atom. The Labute approximate surface area is 152 Å². The molecule has 0 spiro atoms. The molecule has 4 rings (SSSR count). The molecular formula is C17H16N6O2S. The molecule has 0 unspecified atom stereocenters. The Kier molecular flexibility index (Phi) is 4.53. The van der Waals surface area contributed by atoms with Crippen molar-refractivity contribution >= 4 is 17.2 Å². The van der Waals surface area contributed by atoms with Crippen LogP contribution in [0.2, 0.25) is 0 Å². The van der Waals surface area contributed by atoms with Crippen molar-refractivity contribution in [3.05, 3.63) is 46.9 Å². The van der Waals surface area contributed by atoms with Crippen LogP contribution in [0.15, 0.2) is 41.3 Å². The lowest BCUT2D eigenvalue weighted by molar-refractivity contribution is -0.123. The maximum atomic E-state index is 12.1. The molecule has 3 heterocycles. The molecule has 26 heavy (non-hydrogen) atoms. The number of amides is 1. The third-order valence-electron chi connectivity index (χ3n) is 4.16. The molecule has 132 valence electrons. The van der Waals surface area contributed by atoms with Crippen molar-refractivity contribution in [1.29, 1.82) is 0 Å². The van der Waals surface area contributed by atoms with E-state index in [9.17, 15) is 9.59 Å². The Morgan fingerprint density at radius 1 is 1.15 bits per heavy atom. The molecular weight excluding hydrogens is 352 g/mol. The van der Waals surface area contributed by atoms with Crippen molar-refractivity contribution in [3.63, 3.8) is 0 Å². The van der Waals surface area contributed by atoms with E-state index in [4.69, 9.17) is 0 Å². The fraction of sp³-hybridized carbons (Fsp3) is 0.294. The van der Waals surface area contributed by atoms with Gasteiger partial charge in [0.05, 0.1) is 0 Å². The number of nitrogens with zero attached hydrogens (tertiary/aromatic N) is 5. The van der Waals surface area contributed by atoms with Gasteiger partial charge in [-0.1, -0.05) is 17.4 Å². The molecule has 0 saturated heterocycles. The summed E-state index contributed by atoms with van der Waals surface area (Å²) in [5.74, 6) is -0.201. The first-order chi connectivity index (χ1) is 12.7. The summed E-state index contributed by atoms with van der Waals surface area (Å²) < 4.78 is 1.16. The molecule has 1 aliphatic carbocycles. The minimum absolute atomic E-state index is 0.102. The van der Waals surface area contributed by atoms with E-state index in [1.165, 1.54) is 17.4 Å². The quantitative estimate of drug-likeness (QED) is 0.732. The van der Waals surface area contributed by atoms with Gasteiger partial charge >= 0.3 is 0 Å². The number of nitrogens with one attached hydrogen (secondary N) is 1. The van der Waals surface area contributed by atoms with Crippen molar-refractivity contribution < 1.29 is 4.79 Å². The number of carbonyl (C=O) groups is 1. The first-order valence-electron chi connectivity index (χ1n) is 8.32. The summed E-state index contributed by atoms with van der Waals surface area (Å²) in [5, 5.41) is 16.7. The molecule has 1 aliphatic rings. The van der Waals surface area contributed by atoms with Crippen LogP contribution in [0.4, 0.5) is 0 Å². The summed E-state index contributed by atoms with van der Waals surface area (Å²) in [6.45, 7) is -0.102. The third-order valence-corrected chi connectivity index (χ3v) is 5.13. The predicted molar refractivity (Wildman–Crippen MR) is 96.4 cm³/mol. The molecule has 8 nitrogen and oxygen atoms in total. The zero-order valence-corrected chi connectivity index (χ0v) is 14.6. The summed E-state index contributed by atoms with van der Waals surface area (Å²) in [4.78, 5) is 28.3. The summed E-state index contributed by atoms with van der Waals surface area (Å²) in [5.41, 5.74) is 0.900. The normalized spacial score (nSPS) is 14.0. The van der Waals surface area contributed by atoms with Crippen molar-refractivity contribution in [2.45, 2.75) is 31.8 Å². The highest BCUT2D eigenvalue weighted by Crippen LogP contribution is 2.26. The van der Waals surface area contributed by atoms with Gasteiger partial charge in [-0.15, -0.1) is 10.2 Å². The number of rotatable bonds is 5. The number of hydrogen-bond acceptors (Lipinski definition) is 7. The number of aromatic nitrogens is 5. The maximum Gasteiger partial charge on any atom is 0.267 e. The monoisotopic (exact) mass is 368 g/mol. The summed E-state index contributed by atoms with van der Waals surface area (Å²) in [6, 6.07) is 8.76. The smallest absolute Gasteiger partial charge is 0.267 e. The summed E-state index contributed by atoms with van der Waals surface area (Å²) in [7, 11) is 0. The van der Waals surface area contributed by atoms with Crippen LogP contribution in [-0.2, 0) is 11.3 Å². The molecule has 0 aromatic carbocycles. The predicted octanol–water partition coefficient (Wildman–Crippen LogP) is 1.49. The van der Waals surface area contributed by atoms with Gasteiger partial charge in [-0.05, 0) is 37.5 Å². The van der Waals surface area contributed by atoms with Gasteiger partial charge < -0.3 is 5.32 Å². The molecule has 1 amide bonds. The molecule has 0 atom stereocenters. The molecule has 9 heteroatoms. The van der Waals surface area contributed by atoms with E-state index in [2.05, 4.69) is 25.6 Å². The van der Waals surface area contributed by atoms with E-state index in [1.54, 1.807) is 12.3 Å². The Bertz CT molecular complexity index is 980. The van der Waals surface area contributed by atoms with Crippen LogP contribution in [0.5, 0.6) is 0 Å². The van der Waals surface area contributed by atoms with Crippen LogP contribution in [0.25, 0.3) is 21.4 Å². The van der Waals surface area contributed by atoms with E-state index in [1.807, 2.05) is 18.2 Å². The fourth-order valence-electron chi connectivity index (χ4n) is 2.56. The minimum Gasteiger partial charge on any atom is -0.352 e. The zero-order chi connectivity index (χ0) is 17.9. The van der Waals surface area contributed by atoms with Crippen molar-refractivity contribution in [1.82, 2.24) is 30.3 Å². The highest BCUT2D eigenvalue weighted by Gasteiger charge is 2.20. The molecule has 1 N–H and O–H groups in total. The van der Waals surface area contributed by atoms with Gasteiger partial charge in [0.1, 0.15) is 17.9 Å². The van der Waals surface area contributed by atoms with Gasteiger partial charge in [-0.3, -0.25) is 14.6 Å². The standard InChI is InChI=1S/C17H16N6O2S/c24-14(19-11-4-3-5-11)10-23-15(25)8-7-13(22-23)17-21-20-16(26-17)12-6-1-2-9-18-12/h1-2,6-9,11H,3-5,10H2,(H,19,24). The Balaban J connectivity index is 1.55. The van der Waals surface area contributed by atoms with Gasteiger partial charge in [0.2, 0.25) is 5.91 Å². The third kappa shape index (κ3) is 3.52. The Morgan fingerprint density at radius 3 is 2.65 bits per heavy atom. The molecule has 3 aromatic rings. The first kappa shape index (κ1) is 16.5. The number of hydrogen-bond donors (Lipinski definition) is 1. The lowest BCUT2D eigenvalue weighted by Crippen LogP contribution is -2.42. The fourth-order valence-corrected chi connectivity index (χ4v) is 3.34. The van der Waals surface area contributed by atoms with Gasteiger partial charge in [0, 0.05) is 18.3 Å². The second-order valence-corrected chi connectivity index (χ2v) is 7.01. The van der Waals surface area contributed by atoms with Crippen molar-refractivity contribution in [2.24, 2.45) is 0 Å². The van der Waals surface area contributed by atoms with Crippen LogP contribution >= 0.6 is 11.3 Å². The number of carbonyl (C=O) groups excluding carboxylic acids is 1. The minimum atomic E-state index is -0.327. The van der Waals surface area contributed by atoms with Gasteiger partial charge in [0.15, 0.2) is 10.0 Å². The van der Waals surface area contributed by atoms with Crippen LogP contribution in [0.3, 0.4) is 0 Å². The topological polar surface area (TPSA) is 103 Å². The van der Waals surface area contributed by atoms with E-state index in [-0.39, 0.29) is 24.1 Å². The first-order valence-corrected chi connectivity index (χ1v) is 9.13. The molecule has 1 saturated carbocycles.